The molecule has 1 aromatic rings. The van der Waals surface area contributed by atoms with E-state index in [1.165, 1.54) is 19.2 Å². The summed E-state index contributed by atoms with van der Waals surface area (Å²) in [7, 11) is 1.37. The fourth-order valence-electron chi connectivity index (χ4n) is 2.71. The van der Waals surface area contributed by atoms with Crippen LogP contribution in [0.2, 0.25) is 0 Å². The summed E-state index contributed by atoms with van der Waals surface area (Å²) in [6.07, 6.45) is 0.884. The van der Waals surface area contributed by atoms with Crippen LogP contribution in [0.5, 0.6) is 5.75 Å². The number of likely N-dealkylation sites (tertiary alicyclic amines) is 1. The lowest BCUT2D eigenvalue weighted by molar-refractivity contribution is -0.150. The number of methoxy groups -OCH3 is 1. The molecule has 1 atom stereocenters. The minimum atomic E-state index is -0.721. The third kappa shape index (κ3) is 4.21. The first-order chi connectivity index (χ1) is 11.1. The number of amides is 1. The molecule has 2 rings (SSSR count). The third-order valence-electron chi connectivity index (χ3n) is 4.09. The van der Waals surface area contributed by atoms with Crippen molar-refractivity contribution >= 4 is 11.9 Å². The SMILES string of the molecule is CC[C@@H](Oc1ccccc1F)C(=O)N1CCC(C(=O)OC)CC1. The Morgan fingerprint density at radius 3 is 2.52 bits per heavy atom. The summed E-state index contributed by atoms with van der Waals surface area (Å²) in [5.41, 5.74) is 0. The van der Waals surface area contributed by atoms with Crippen LogP contribution in [0.3, 0.4) is 0 Å². The summed E-state index contributed by atoms with van der Waals surface area (Å²) >= 11 is 0. The van der Waals surface area contributed by atoms with Crippen molar-refractivity contribution < 1.29 is 23.5 Å². The highest BCUT2D eigenvalue weighted by atomic mass is 19.1. The monoisotopic (exact) mass is 323 g/mol. The summed E-state index contributed by atoms with van der Waals surface area (Å²) in [4.78, 5) is 25.7. The molecule has 0 aromatic heterocycles. The zero-order chi connectivity index (χ0) is 16.8. The molecule has 1 aliphatic rings. The molecule has 1 heterocycles. The Labute approximate surface area is 135 Å². The number of rotatable bonds is 5. The highest BCUT2D eigenvalue weighted by molar-refractivity contribution is 5.81. The molecule has 0 spiro atoms. The maximum Gasteiger partial charge on any atom is 0.308 e. The summed E-state index contributed by atoms with van der Waals surface area (Å²) in [5, 5.41) is 0. The summed E-state index contributed by atoms with van der Waals surface area (Å²) in [5.74, 6) is -0.956. The quantitative estimate of drug-likeness (QED) is 0.781. The predicted molar refractivity (Wildman–Crippen MR) is 82.4 cm³/mol. The summed E-state index contributed by atoms with van der Waals surface area (Å²) in [6.45, 7) is 2.79. The van der Waals surface area contributed by atoms with Crippen LogP contribution in [-0.2, 0) is 14.3 Å². The standard InChI is InChI=1S/C17H22FNO4/c1-3-14(23-15-7-5-4-6-13(15)18)16(20)19-10-8-12(9-11-19)17(21)22-2/h4-7,12,14H,3,8-11H2,1-2H3/t14-/m1/s1. The maximum atomic E-state index is 13.7. The van der Waals surface area contributed by atoms with Gasteiger partial charge < -0.3 is 14.4 Å². The number of benzene rings is 1. The average molecular weight is 323 g/mol. The number of para-hydroxylation sites is 1. The molecule has 0 saturated carbocycles. The highest BCUT2D eigenvalue weighted by Gasteiger charge is 2.31. The van der Waals surface area contributed by atoms with Crippen LogP contribution in [-0.4, -0.2) is 43.1 Å². The average Bonchev–Trinajstić information content (AvgIpc) is 2.60. The largest absolute Gasteiger partial charge is 0.478 e. The molecule has 1 aliphatic heterocycles. The van der Waals surface area contributed by atoms with Crippen molar-refractivity contribution in [1.29, 1.82) is 0 Å². The van der Waals surface area contributed by atoms with Gasteiger partial charge in [-0.1, -0.05) is 19.1 Å². The first-order valence-electron chi connectivity index (χ1n) is 7.84. The Kier molecular flexibility index (Phi) is 5.96. The van der Waals surface area contributed by atoms with Crippen LogP contribution in [0.25, 0.3) is 0 Å². The molecule has 0 radical (unpaired) electrons. The molecule has 23 heavy (non-hydrogen) atoms. The molecular weight excluding hydrogens is 301 g/mol. The van der Waals surface area contributed by atoms with Crippen LogP contribution in [0, 0.1) is 11.7 Å². The van der Waals surface area contributed by atoms with E-state index < -0.39 is 11.9 Å². The Hall–Kier alpha value is -2.11. The van der Waals surface area contributed by atoms with Crippen molar-refractivity contribution in [2.75, 3.05) is 20.2 Å². The van der Waals surface area contributed by atoms with Crippen LogP contribution in [0.1, 0.15) is 26.2 Å². The fraction of sp³-hybridized carbons (Fsp3) is 0.529. The number of esters is 1. The Bertz CT molecular complexity index is 555. The second kappa shape index (κ2) is 7.94. The second-order valence-electron chi connectivity index (χ2n) is 5.57. The van der Waals surface area contributed by atoms with Gasteiger partial charge in [0, 0.05) is 13.1 Å². The van der Waals surface area contributed by atoms with Gasteiger partial charge in [-0.15, -0.1) is 0 Å². The topological polar surface area (TPSA) is 55.8 Å². The summed E-state index contributed by atoms with van der Waals surface area (Å²) in [6, 6.07) is 6.04. The van der Waals surface area contributed by atoms with Gasteiger partial charge in [0.2, 0.25) is 0 Å². The van der Waals surface area contributed by atoms with Gasteiger partial charge in [0.05, 0.1) is 13.0 Å². The predicted octanol–water partition coefficient (Wildman–Crippen LogP) is 2.39. The number of carbonyl (C=O) groups is 2. The number of hydrogen-bond donors (Lipinski definition) is 0. The van der Waals surface area contributed by atoms with E-state index in [4.69, 9.17) is 9.47 Å². The van der Waals surface area contributed by atoms with Crippen molar-refractivity contribution in [2.24, 2.45) is 5.92 Å². The van der Waals surface area contributed by atoms with Gasteiger partial charge in [0.15, 0.2) is 17.7 Å². The van der Waals surface area contributed by atoms with Crippen molar-refractivity contribution in [3.8, 4) is 5.75 Å². The molecule has 5 nitrogen and oxygen atoms in total. The van der Waals surface area contributed by atoms with Crippen molar-refractivity contribution in [3.05, 3.63) is 30.1 Å². The molecular formula is C17H22FNO4. The molecule has 1 fully saturated rings. The smallest absolute Gasteiger partial charge is 0.308 e. The molecule has 6 heteroatoms. The lowest BCUT2D eigenvalue weighted by Gasteiger charge is -2.33. The zero-order valence-electron chi connectivity index (χ0n) is 13.5. The number of carbonyl (C=O) groups excluding carboxylic acids is 2. The van der Waals surface area contributed by atoms with Crippen LogP contribution < -0.4 is 4.74 Å². The summed E-state index contributed by atoms with van der Waals surface area (Å²) < 4.78 is 24.0. The van der Waals surface area contributed by atoms with E-state index >= 15 is 0 Å². The molecule has 0 N–H and O–H groups in total. The molecule has 1 saturated heterocycles. The van der Waals surface area contributed by atoms with Gasteiger partial charge in [-0.3, -0.25) is 9.59 Å². The molecule has 1 amide bonds. The van der Waals surface area contributed by atoms with E-state index in [1.54, 1.807) is 17.0 Å². The molecule has 0 bridgehead atoms. The molecule has 0 aliphatic carbocycles. The number of piperidine rings is 1. The van der Waals surface area contributed by atoms with E-state index in [0.29, 0.717) is 32.4 Å². The minimum absolute atomic E-state index is 0.0807. The first-order valence-corrected chi connectivity index (χ1v) is 7.84. The number of hydrogen-bond acceptors (Lipinski definition) is 4. The van der Waals surface area contributed by atoms with Gasteiger partial charge in [0.25, 0.3) is 5.91 Å². The lowest BCUT2D eigenvalue weighted by atomic mass is 9.96. The van der Waals surface area contributed by atoms with E-state index in [9.17, 15) is 14.0 Å². The molecule has 0 unspecified atom stereocenters. The van der Waals surface area contributed by atoms with Crippen molar-refractivity contribution in [2.45, 2.75) is 32.3 Å². The normalized spacial score (nSPS) is 16.7. The molecule has 1 aromatic carbocycles. The van der Waals surface area contributed by atoms with Crippen LogP contribution in [0.15, 0.2) is 24.3 Å². The zero-order valence-corrected chi connectivity index (χ0v) is 13.5. The van der Waals surface area contributed by atoms with Gasteiger partial charge in [-0.05, 0) is 31.4 Å². The Balaban J connectivity index is 1.96. The van der Waals surface area contributed by atoms with Crippen LogP contribution in [0.4, 0.5) is 4.39 Å². The van der Waals surface area contributed by atoms with Gasteiger partial charge >= 0.3 is 5.97 Å². The van der Waals surface area contributed by atoms with E-state index in [-0.39, 0.29) is 23.5 Å². The molecule has 126 valence electrons. The number of nitrogens with zero attached hydrogens (tertiary/aromatic N) is 1. The van der Waals surface area contributed by atoms with E-state index in [1.807, 2.05) is 6.92 Å². The van der Waals surface area contributed by atoms with Gasteiger partial charge in [-0.25, -0.2) is 4.39 Å². The first kappa shape index (κ1) is 17.2. The number of halogens is 1. The lowest BCUT2D eigenvalue weighted by Crippen LogP contribution is -2.46. The highest BCUT2D eigenvalue weighted by Crippen LogP contribution is 2.22. The van der Waals surface area contributed by atoms with Crippen LogP contribution >= 0.6 is 0 Å². The second-order valence-corrected chi connectivity index (χ2v) is 5.57. The van der Waals surface area contributed by atoms with Crippen molar-refractivity contribution in [1.82, 2.24) is 4.90 Å². The van der Waals surface area contributed by atoms with Gasteiger partial charge in [-0.2, -0.15) is 0 Å². The van der Waals surface area contributed by atoms with E-state index in [2.05, 4.69) is 0 Å². The third-order valence-corrected chi connectivity index (χ3v) is 4.09. The minimum Gasteiger partial charge on any atom is -0.478 e. The Morgan fingerprint density at radius 1 is 1.30 bits per heavy atom. The van der Waals surface area contributed by atoms with E-state index in [0.717, 1.165) is 0 Å². The fourth-order valence-corrected chi connectivity index (χ4v) is 2.71. The number of ether oxygens (including phenoxy) is 2. The Morgan fingerprint density at radius 2 is 1.96 bits per heavy atom. The van der Waals surface area contributed by atoms with Gasteiger partial charge in [0.1, 0.15) is 0 Å². The maximum absolute atomic E-state index is 13.7. The van der Waals surface area contributed by atoms with Crippen molar-refractivity contribution in [3.63, 3.8) is 0 Å².